The van der Waals surface area contributed by atoms with Gasteiger partial charge in [-0.05, 0) is 35.9 Å². The van der Waals surface area contributed by atoms with E-state index >= 15 is 0 Å². The molecule has 1 aromatic rings. The quantitative estimate of drug-likeness (QED) is 0.827. The molecule has 2 heterocycles. The zero-order valence-electron chi connectivity index (χ0n) is 10.7. The molecule has 1 N–H and O–H groups in total. The Kier molecular flexibility index (Phi) is 3.46. The third kappa shape index (κ3) is 2.22. The van der Waals surface area contributed by atoms with Gasteiger partial charge in [0.05, 0.1) is 6.10 Å². The molecule has 3 rings (SSSR count). The topological polar surface area (TPSA) is 23.5 Å². The van der Waals surface area contributed by atoms with Crippen molar-refractivity contribution in [1.82, 2.24) is 4.90 Å². The molecule has 0 aliphatic carbocycles. The van der Waals surface area contributed by atoms with Crippen molar-refractivity contribution in [3.63, 3.8) is 0 Å². The molecule has 1 unspecified atom stereocenters. The molecule has 1 aromatic carbocycles. The van der Waals surface area contributed by atoms with Crippen LogP contribution in [-0.4, -0.2) is 42.0 Å². The summed E-state index contributed by atoms with van der Waals surface area (Å²) >= 11 is 1.77. The Morgan fingerprint density at radius 2 is 2.06 bits per heavy atom. The first-order chi connectivity index (χ1) is 8.78. The van der Waals surface area contributed by atoms with Crippen LogP contribution in [0.1, 0.15) is 12.0 Å². The van der Waals surface area contributed by atoms with Crippen LogP contribution in [0, 0.1) is 5.92 Å². The minimum Gasteiger partial charge on any atom is -0.392 e. The number of thioether (sulfide) groups is 1. The average molecular weight is 261 g/mol. The van der Waals surface area contributed by atoms with Gasteiger partial charge in [-0.1, -0.05) is 18.2 Å². The molecule has 2 nitrogen and oxygen atoms in total. The van der Waals surface area contributed by atoms with Gasteiger partial charge in [0.25, 0.3) is 0 Å². The summed E-state index contributed by atoms with van der Waals surface area (Å²) in [5.41, 5.74) is 2.62. The van der Waals surface area contributed by atoms with Crippen molar-refractivity contribution in [3.05, 3.63) is 35.9 Å². The third-order valence-corrected chi connectivity index (χ3v) is 4.80. The highest BCUT2D eigenvalue weighted by molar-refractivity contribution is 7.98. The third-order valence-electron chi connectivity index (χ3n) is 4.05. The molecule has 1 fully saturated rings. The Morgan fingerprint density at radius 1 is 1.28 bits per heavy atom. The second-order valence-electron chi connectivity index (χ2n) is 5.11. The maximum absolute atomic E-state index is 10.2. The van der Waals surface area contributed by atoms with E-state index in [1.807, 2.05) is 0 Å². The van der Waals surface area contributed by atoms with Crippen LogP contribution in [0.3, 0.4) is 0 Å². The van der Waals surface area contributed by atoms with Crippen molar-refractivity contribution in [1.29, 1.82) is 0 Å². The van der Waals surface area contributed by atoms with Gasteiger partial charge in [0.15, 0.2) is 0 Å². The van der Waals surface area contributed by atoms with Crippen LogP contribution < -0.4 is 0 Å². The van der Waals surface area contributed by atoms with Gasteiger partial charge in [-0.15, -0.1) is 11.8 Å². The van der Waals surface area contributed by atoms with E-state index in [-0.39, 0.29) is 6.10 Å². The van der Waals surface area contributed by atoms with Crippen molar-refractivity contribution >= 4 is 17.3 Å². The fraction of sp³-hybridized carbons (Fsp3) is 0.467. The van der Waals surface area contributed by atoms with Crippen molar-refractivity contribution < 1.29 is 5.11 Å². The van der Waals surface area contributed by atoms with Crippen LogP contribution in [-0.2, 0) is 0 Å². The maximum Gasteiger partial charge on any atom is 0.0633 e. The molecule has 0 radical (unpaired) electrons. The van der Waals surface area contributed by atoms with E-state index in [2.05, 4.69) is 41.5 Å². The zero-order chi connectivity index (χ0) is 12.5. The minimum atomic E-state index is -0.173. The molecule has 2 aliphatic heterocycles. The number of aliphatic hydroxyl groups excluding tert-OH is 1. The van der Waals surface area contributed by atoms with E-state index in [1.54, 1.807) is 11.8 Å². The molecule has 96 valence electrons. The molecular formula is C15H19NOS. The van der Waals surface area contributed by atoms with Crippen LogP contribution in [0.25, 0.3) is 5.57 Å². The van der Waals surface area contributed by atoms with Crippen LogP contribution in [0.4, 0.5) is 0 Å². The van der Waals surface area contributed by atoms with Gasteiger partial charge in [-0.2, -0.15) is 0 Å². The summed E-state index contributed by atoms with van der Waals surface area (Å²) in [6.45, 7) is 3.08. The minimum absolute atomic E-state index is 0.173. The van der Waals surface area contributed by atoms with Crippen molar-refractivity contribution in [2.75, 3.05) is 25.9 Å². The van der Waals surface area contributed by atoms with Crippen molar-refractivity contribution in [3.8, 4) is 0 Å². The number of fused-ring (bicyclic) bond motifs is 2. The molecule has 0 amide bonds. The van der Waals surface area contributed by atoms with Crippen molar-refractivity contribution in [2.45, 2.75) is 17.4 Å². The summed E-state index contributed by atoms with van der Waals surface area (Å²) in [7, 11) is 0. The zero-order valence-corrected chi connectivity index (χ0v) is 11.5. The lowest BCUT2D eigenvalue weighted by atomic mass is 9.81. The number of nitrogens with zero attached hydrogens (tertiary/aromatic N) is 1. The monoisotopic (exact) mass is 261 g/mol. The average Bonchev–Trinajstić information content (AvgIpc) is 2.44. The fourth-order valence-corrected chi connectivity index (χ4v) is 3.38. The SMILES string of the molecule is CSc1ccc(C2=CCN3CC[C@@H](O)[C@@H]2C3)cc1. The number of benzene rings is 1. The molecule has 3 atom stereocenters. The standard InChI is InChI=1S/C15H19NOS/c1-18-12-4-2-11(3-5-12)13-6-8-16-9-7-15(17)14(13)10-16/h2-6,14-15,17H,7-10H2,1H3/t14-,15-/m1/s1. The number of piperidine rings is 1. The van der Waals surface area contributed by atoms with Crippen LogP contribution in [0.15, 0.2) is 35.2 Å². The number of aliphatic hydroxyl groups is 1. The largest absolute Gasteiger partial charge is 0.392 e. The van der Waals surface area contributed by atoms with Gasteiger partial charge in [0, 0.05) is 30.4 Å². The summed E-state index contributed by atoms with van der Waals surface area (Å²) in [5, 5.41) is 10.2. The number of hydrogen-bond donors (Lipinski definition) is 1. The second-order valence-corrected chi connectivity index (χ2v) is 5.99. The Balaban J connectivity index is 1.90. The van der Waals surface area contributed by atoms with Gasteiger partial charge in [-0.25, -0.2) is 0 Å². The molecule has 2 aliphatic rings. The van der Waals surface area contributed by atoms with E-state index in [0.29, 0.717) is 5.92 Å². The van der Waals surface area contributed by atoms with E-state index < -0.39 is 0 Å². The number of rotatable bonds is 2. The lowest BCUT2D eigenvalue weighted by Gasteiger charge is -2.40. The molecule has 0 saturated carbocycles. The molecule has 0 aromatic heterocycles. The van der Waals surface area contributed by atoms with E-state index in [9.17, 15) is 5.11 Å². The first-order valence-electron chi connectivity index (χ1n) is 6.53. The van der Waals surface area contributed by atoms with Gasteiger partial charge in [0.2, 0.25) is 0 Å². The first-order valence-corrected chi connectivity index (χ1v) is 7.75. The van der Waals surface area contributed by atoms with E-state index in [0.717, 1.165) is 26.1 Å². The van der Waals surface area contributed by atoms with Crippen LogP contribution in [0.5, 0.6) is 0 Å². The first kappa shape index (κ1) is 12.3. The van der Waals surface area contributed by atoms with Crippen molar-refractivity contribution in [2.24, 2.45) is 5.92 Å². The Labute approximate surface area is 113 Å². The Bertz CT molecular complexity index is 454. The fourth-order valence-electron chi connectivity index (χ4n) is 2.97. The maximum atomic E-state index is 10.2. The molecule has 3 heteroatoms. The normalized spacial score (nSPS) is 31.0. The molecule has 0 spiro atoms. The smallest absolute Gasteiger partial charge is 0.0633 e. The Morgan fingerprint density at radius 3 is 2.78 bits per heavy atom. The molecule has 18 heavy (non-hydrogen) atoms. The highest BCUT2D eigenvalue weighted by Crippen LogP contribution is 2.34. The van der Waals surface area contributed by atoms with Gasteiger partial charge < -0.3 is 5.11 Å². The van der Waals surface area contributed by atoms with Crippen LogP contribution >= 0.6 is 11.8 Å². The second kappa shape index (κ2) is 5.08. The summed E-state index contributed by atoms with van der Waals surface area (Å²) < 4.78 is 0. The summed E-state index contributed by atoms with van der Waals surface area (Å²) in [6, 6.07) is 8.72. The van der Waals surface area contributed by atoms with E-state index in [1.165, 1.54) is 16.0 Å². The molecule has 1 saturated heterocycles. The highest BCUT2D eigenvalue weighted by Gasteiger charge is 2.33. The van der Waals surface area contributed by atoms with E-state index in [4.69, 9.17) is 0 Å². The Hall–Kier alpha value is -0.770. The predicted octanol–water partition coefficient (Wildman–Crippen LogP) is 2.49. The highest BCUT2D eigenvalue weighted by atomic mass is 32.2. The van der Waals surface area contributed by atoms with Gasteiger partial charge in [-0.3, -0.25) is 4.90 Å². The van der Waals surface area contributed by atoms with Gasteiger partial charge >= 0.3 is 0 Å². The molecule has 2 bridgehead atoms. The van der Waals surface area contributed by atoms with Gasteiger partial charge in [0.1, 0.15) is 0 Å². The molecular weight excluding hydrogens is 242 g/mol. The predicted molar refractivity (Wildman–Crippen MR) is 76.8 cm³/mol. The number of hydrogen-bond acceptors (Lipinski definition) is 3. The lowest BCUT2D eigenvalue weighted by Crippen LogP contribution is -2.46. The summed E-state index contributed by atoms with van der Waals surface area (Å²) in [5.74, 6) is 0.299. The lowest BCUT2D eigenvalue weighted by molar-refractivity contribution is 0.0509. The summed E-state index contributed by atoms with van der Waals surface area (Å²) in [6.07, 6.45) is 5.13. The van der Waals surface area contributed by atoms with Crippen LogP contribution in [0.2, 0.25) is 0 Å². The summed E-state index contributed by atoms with van der Waals surface area (Å²) in [4.78, 5) is 3.72.